The van der Waals surface area contributed by atoms with Crippen molar-refractivity contribution in [3.63, 3.8) is 0 Å². The number of para-hydroxylation sites is 2. The minimum absolute atomic E-state index is 0.0155. The third kappa shape index (κ3) is 5.70. The van der Waals surface area contributed by atoms with Crippen molar-refractivity contribution in [3.05, 3.63) is 24.3 Å². The minimum Gasteiger partial charge on any atom is -0.482 e. The van der Waals surface area contributed by atoms with Crippen LogP contribution in [0.1, 0.15) is 51.9 Å². The summed E-state index contributed by atoms with van der Waals surface area (Å²) in [4.78, 5) is 21.6. The SMILES string of the molecule is CCNC(=NCCCN1C(=O)COc2ccccc21)NC1CCN(C2CCCC2)CC1. The monoisotopic (exact) mass is 427 g/mol. The Hall–Kier alpha value is -2.28. The molecule has 2 fully saturated rings. The Balaban J connectivity index is 1.24. The summed E-state index contributed by atoms with van der Waals surface area (Å²) < 4.78 is 5.52. The van der Waals surface area contributed by atoms with Crippen molar-refractivity contribution < 1.29 is 9.53 Å². The van der Waals surface area contributed by atoms with Gasteiger partial charge < -0.3 is 25.2 Å². The zero-order chi connectivity index (χ0) is 21.5. The van der Waals surface area contributed by atoms with E-state index in [1.54, 1.807) is 0 Å². The fourth-order valence-corrected chi connectivity index (χ4v) is 5.01. The third-order valence-electron chi connectivity index (χ3n) is 6.67. The molecule has 0 atom stereocenters. The maximum atomic E-state index is 12.3. The highest BCUT2D eigenvalue weighted by Gasteiger charge is 2.27. The fraction of sp³-hybridized carbons (Fsp3) is 0.667. The van der Waals surface area contributed by atoms with E-state index in [1.165, 1.54) is 51.6 Å². The maximum Gasteiger partial charge on any atom is 0.265 e. The van der Waals surface area contributed by atoms with Gasteiger partial charge in [-0.05, 0) is 51.2 Å². The van der Waals surface area contributed by atoms with Crippen LogP contribution in [0.2, 0.25) is 0 Å². The van der Waals surface area contributed by atoms with Crippen molar-refractivity contribution in [1.29, 1.82) is 0 Å². The van der Waals surface area contributed by atoms with E-state index >= 15 is 0 Å². The number of fused-ring (bicyclic) bond motifs is 1. The topological polar surface area (TPSA) is 69.2 Å². The van der Waals surface area contributed by atoms with Gasteiger partial charge in [0.1, 0.15) is 5.75 Å². The largest absolute Gasteiger partial charge is 0.482 e. The Morgan fingerprint density at radius 3 is 2.71 bits per heavy atom. The Kier molecular flexibility index (Phi) is 7.67. The lowest BCUT2D eigenvalue weighted by atomic mass is 10.0. The summed E-state index contributed by atoms with van der Waals surface area (Å²) in [5.41, 5.74) is 0.863. The van der Waals surface area contributed by atoms with E-state index in [4.69, 9.17) is 9.73 Å². The number of rotatable bonds is 7. The third-order valence-corrected chi connectivity index (χ3v) is 6.67. The van der Waals surface area contributed by atoms with E-state index in [0.29, 0.717) is 19.1 Å². The standard InChI is InChI=1S/C24H37N5O2/c1-2-25-24(27-19-12-16-28(17-13-19)20-8-3-4-9-20)26-14-7-15-29-21-10-5-6-11-22(21)31-18-23(29)30/h5-6,10-11,19-20H,2-4,7-9,12-18H2,1H3,(H2,25,26,27). The number of nitrogens with one attached hydrogen (secondary N) is 2. The number of amides is 1. The van der Waals surface area contributed by atoms with Gasteiger partial charge in [0.15, 0.2) is 12.6 Å². The number of hydrogen-bond acceptors (Lipinski definition) is 4. The molecular formula is C24H37N5O2. The summed E-state index contributed by atoms with van der Waals surface area (Å²) in [6, 6.07) is 9.05. The predicted octanol–water partition coefficient (Wildman–Crippen LogP) is 2.76. The molecule has 2 N–H and O–H groups in total. The lowest BCUT2D eigenvalue weighted by Crippen LogP contribution is -2.50. The van der Waals surface area contributed by atoms with Crippen molar-refractivity contribution in [3.8, 4) is 5.75 Å². The van der Waals surface area contributed by atoms with Crippen LogP contribution in [0.25, 0.3) is 0 Å². The van der Waals surface area contributed by atoms with E-state index in [2.05, 4.69) is 22.5 Å². The molecule has 7 nitrogen and oxygen atoms in total. The molecule has 1 aromatic rings. The van der Waals surface area contributed by atoms with Gasteiger partial charge in [0.25, 0.3) is 5.91 Å². The van der Waals surface area contributed by atoms with Gasteiger partial charge in [0.2, 0.25) is 0 Å². The Morgan fingerprint density at radius 2 is 1.94 bits per heavy atom. The smallest absolute Gasteiger partial charge is 0.265 e. The first-order valence-electron chi connectivity index (χ1n) is 12.1. The highest BCUT2D eigenvalue weighted by atomic mass is 16.5. The van der Waals surface area contributed by atoms with Crippen LogP contribution < -0.4 is 20.3 Å². The number of hydrogen-bond donors (Lipinski definition) is 2. The summed E-state index contributed by atoms with van der Waals surface area (Å²) in [5, 5.41) is 7.03. The summed E-state index contributed by atoms with van der Waals surface area (Å²) >= 11 is 0. The van der Waals surface area contributed by atoms with Gasteiger partial charge in [-0.15, -0.1) is 0 Å². The molecule has 1 aromatic carbocycles. The molecule has 0 aromatic heterocycles. The normalized spacial score (nSPS) is 21.1. The molecule has 0 bridgehead atoms. The summed E-state index contributed by atoms with van der Waals surface area (Å²) in [5.74, 6) is 1.70. The number of likely N-dealkylation sites (tertiary alicyclic amines) is 1. The molecule has 1 saturated heterocycles. The first-order chi connectivity index (χ1) is 15.2. The molecule has 1 aliphatic carbocycles. The number of benzene rings is 1. The van der Waals surface area contributed by atoms with Crippen molar-refractivity contribution in [1.82, 2.24) is 15.5 Å². The second kappa shape index (κ2) is 10.8. The highest BCUT2D eigenvalue weighted by Crippen LogP contribution is 2.31. The number of carbonyl (C=O) groups is 1. The van der Waals surface area contributed by atoms with Crippen molar-refractivity contribution in [2.45, 2.75) is 64.0 Å². The summed E-state index contributed by atoms with van der Waals surface area (Å²) in [6.45, 7) is 6.79. The van der Waals surface area contributed by atoms with Crippen LogP contribution in [0, 0.1) is 0 Å². The molecule has 1 saturated carbocycles. The lowest BCUT2D eigenvalue weighted by Gasteiger charge is -2.36. The van der Waals surface area contributed by atoms with Crippen molar-refractivity contribution in [2.24, 2.45) is 4.99 Å². The van der Waals surface area contributed by atoms with Crippen LogP contribution in [0.15, 0.2) is 29.3 Å². The number of aliphatic imine (C=N–C) groups is 1. The van der Waals surface area contributed by atoms with Gasteiger partial charge in [0.05, 0.1) is 5.69 Å². The number of guanidine groups is 1. The second-order valence-electron chi connectivity index (χ2n) is 8.81. The Morgan fingerprint density at radius 1 is 1.16 bits per heavy atom. The fourth-order valence-electron chi connectivity index (χ4n) is 5.01. The van der Waals surface area contributed by atoms with E-state index in [9.17, 15) is 4.79 Å². The van der Waals surface area contributed by atoms with Crippen LogP contribution in [0.4, 0.5) is 5.69 Å². The molecule has 2 heterocycles. The highest BCUT2D eigenvalue weighted by molar-refractivity contribution is 5.97. The molecule has 2 aliphatic heterocycles. The zero-order valence-electron chi connectivity index (χ0n) is 18.8. The second-order valence-corrected chi connectivity index (χ2v) is 8.81. The molecule has 170 valence electrons. The average molecular weight is 428 g/mol. The molecule has 1 amide bonds. The van der Waals surface area contributed by atoms with Crippen LogP contribution in [-0.2, 0) is 4.79 Å². The van der Waals surface area contributed by atoms with Gasteiger partial charge in [0, 0.05) is 44.8 Å². The van der Waals surface area contributed by atoms with Gasteiger partial charge in [-0.2, -0.15) is 0 Å². The molecule has 4 rings (SSSR count). The Labute approximate surface area is 186 Å². The lowest BCUT2D eigenvalue weighted by molar-refractivity contribution is -0.121. The number of anilines is 1. The maximum absolute atomic E-state index is 12.3. The van der Waals surface area contributed by atoms with Crippen molar-refractivity contribution >= 4 is 17.6 Å². The number of ether oxygens (including phenoxy) is 1. The molecule has 0 spiro atoms. The number of carbonyl (C=O) groups excluding carboxylic acids is 1. The van der Waals surface area contributed by atoms with E-state index in [0.717, 1.165) is 36.4 Å². The quantitative estimate of drug-likeness (QED) is 0.398. The summed E-state index contributed by atoms with van der Waals surface area (Å²) in [6.07, 6.45) is 8.76. The zero-order valence-corrected chi connectivity index (χ0v) is 18.8. The van der Waals surface area contributed by atoms with E-state index < -0.39 is 0 Å². The summed E-state index contributed by atoms with van der Waals surface area (Å²) in [7, 11) is 0. The molecule has 3 aliphatic rings. The minimum atomic E-state index is 0.0155. The van der Waals surface area contributed by atoms with Gasteiger partial charge in [-0.3, -0.25) is 9.79 Å². The van der Waals surface area contributed by atoms with Crippen LogP contribution in [0.5, 0.6) is 5.75 Å². The predicted molar refractivity (Wildman–Crippen MR) is 125 cm³/mol. The molecule has 0 unspecified atom stereocenters. The van der Waals surface area contributed by atoms with Gasteiger partial charge in [-0.25, -0.2) is 0 Å². The molecule has 0 radical (unpaired) electrons. The first-order valence-corrected chi connectivity index (χ1v) is 12.1. The van der Waals surface area contributed by atoms with E-state index in [1.807, 2.05) is 29.2 Å². The molecule has 7 heteroatoms. The van der Waals surface area contributed by atoms with Gasteiger partial charge >= 0.3 is 0 Å². The van der Waals surface area contributed by atoms with E-state index in [-0.39, 0.29) is 12.5 Å². The number of nitrogens with zero attached hydrogens (tertiary/aromatic N) is 3. The average Bonchev–Trinajstić information content (AvgIpc) is 3.33. The first kappa shape index (κ1) is 21.9. The van der Waals surface area contributed by atoms with Crippen LogP contribution >= 0.6 is 0 Å². The molecule has 31 heavy (non-hydrogen) atoms. The molecular weight excluding hydrogens is 390 g/mol. The van der Waals surface area contributed by atoms with Crippen LogP contribution in [-0.4, -0.2) is 68.2 Å². The number of piperidine rings is 1. The Bertz CT molecular complexity index is 754. The van der Waals surface area contributed by atoms with Gasteiger partial charge in [-0.1, -0.05) is 25.0 Å². The van der Waals surface area contributed by atoms with Crippen LogP contribution in [0.3, 0.4) is 0 Å². The van der Waals surface area contributed by atoms with Crippen molar-refractivity contribution in [2.75, 3.05) is 44.2 Å².